The lowest BCUT2D eigenvalue weighted by Gasteiger charge is -2.21. The maximum atomic E-state index is 12.2. The maximum absolute atomic E-state index is 12.2. The van der Waals surface area contributed by atoms with Crippen LogP contribution in [0, 0.1) is 0 Å². The van der Waals surface area contributed by atoms with Gasteiger partial charge in [0.15, 0.2) is 0 Å². The first-order valence-corrected chi connectivity index (χ1v) is 7.93. The van der Waals surface area contributed by atoms with Crippen molar-refractivity contribution in [3.05, 3.63) is 47.8 Å². The van der Waals surface area contributed by atoms with E-state index in [0.717, 1.165) is 24.2 Å². The SMILES string of the molecule is Cn1cc(CC(=O)NC2CCN(c3ccccc3C(N)=O)C2)cn1. The van der Waals surface area contributed by atoms with E-state index in [1.165, 1.54) is 0 Å². The van der Waals surface area contributed by atoms with Gasteiger partial charge in [-0.1, -0.05) is 12.1 Å². The summed E-state index contributed by atoms with van der Waals surface area (Å²) in [6.45, 7) is 1.45. The molecule has 1 unspecified atom stereocenters. The first-order chi connectivity index (χ1) is 11.5. The average molecular weight is 327 g/mol. The highest BCUT2D eigenvalue weighted by Gasteiger charge is 2.26. The van der Waals surface area contributed by atoms with Crippen molar-refractivity contribution in [3.63, 3.8) is 0 Å². The molecule has 2 aromatic rings. The minimum atomic E-state index is -0.435. The number of nitrogens with one attached hydrogen (secondary N) is 1. The zero-order valence-corrected chi connectivity index (χ0v) is 13.6. The van der Waals surface area contributed by atoms with E-state index in [1.807, 2.05) is 25.4 Å². The van der Waals surface area contributed by atoms with E-state index >= 15 is 0 Å². The molecule has 1 aromatic heterocycles. The summed E-state index contributed by atoms with van der Waals surface area (Å²) in [4.78, 5) is 25.8. The molecule has 0 aliphatic carbocycles. The summed E-state index contributed by atoms with van der Waals surface area (Å²) in [7, 11) is 1.83. The fraction of sp³-hybridized carbons (Fsp3) is 0.353. The van der Waals surface area contributed by atoms with Gasteiger partial charge in [-0.2, -0.15) is 5.10 Å². The first-order valence-electron chi connectivity index (χ1n) is 7.93. The van der Waals surface area contributed by atoms with Crippen LogP contribution in [-0.4, -0.2) is 40.7 Å². The van der Waals surface area contributed by atoms with Gasteiger partial charge in [0, 0.05) is 38.1 Å². The average Bonchev–Trinajstić information content (AvgIpc) is 3.16. The van der Waals surface area contributed by atoms with E-state index in [-0.39, 0.29) is 11.9 Å². The zero-order chi connectivity index (χ0) is 17.1. The second kappa shape index (κ2) is 6.74. The highest BCUT2D eigenvalue weighted by atomic mass is 16.2. The number of hydrogen-bond acceptors (Lipinski definition) is 4. The lowest BCUT2D eigenvalue weighted by molar-refractivity contribution is -0.121. The highest BCUT2D eigenvalue weighted by molar-refractivity contribution is 5.98. The number of carbonyl (C=O) groups is 2. The lowest BCUT2D eigenvalue weighted by atomic mass is 10.1. The van der Waals surface area contributed by atoms with Gasteiger partial charge in [-0.25, -0.2) is 0 Å². The van der Waals surface area contributed by atoms with E-state index in [9.17, 15) is 9.59 Å². The quantitative estimate of drug-likeness (QED) is 0.834. The molecule has 3 rings (SSSR count). The Hall–Kier alpha value is -2.83. The summed E-state index contributed by atoms with van der Waals surface area (Å²) in [5, 5.41) is 7.12. The van der Waals surface area contributed by atoms with Crippen LogP contribution in [0.25, 0.3) is 0 Å². The van der Waals surface area contributed by atoms with E-state index in [0.29, 0.717) is 18.5 Å². The molecule has 0 saturated carbocycles. The molecule has 126 valence electrons. The minimum Gasteiger partial charge on any atom is -0.369 e. The van der Waals surface area contributed by atoms with Crippen LogP contribution in [0.1, 0.15) is 22.3 Å². The molecule has 7 nitrogen and oxygen atoms in total. The van der Waals surface area contributed by atoms with Crippen LogP contribution in [0.4, 0.5) is 5.69 Å². The smallest absolute Gasteiger partial charge is 0.250 e. The maximum Gasteiger partial charge on any atom is 0.250 e. The number of primary amides is 1. The zero-order valence-electron chi connectivity index (χ0n) is 13.6. The molecule has 1 aliphatic rings. The summed E-state index contributed by atoms with van der Waals surface area (Å²) in [5.74, 6) is -0.451. The standard InChI is InChI=1S/C17H21N5O2/c1-21-10-12(9-19-21)8-16(23)20-13-6-7-22(11-13)15-5-3-2-4-14(15)17(18)24/h2-5,9-10,13H,6-8,11H2,1H3,(H2,18,24)(H,20,23). The topological polar surface area (TPSA) is 93.3 Å². The number of nitrogens with zero attached hydrogens (tertiary/aromatic N) is 3. The third kappa shape index (κ3) is 3.56. The van der Waals surface area contributed by atoms with Gasteiger partial charge in [-0.05, 0) is 24.1 Å². The Labute approximate surface area is 140 Å². The van der Waals surface area contributed by atoms with Gasteiger partial charge >= 0.3 is 0 Å². The normalized spacial score (nSPS) is 17.0. The fourth-order valence-electron chi connectivity index (χ4n) is 3.08. The van der Waals surface area contributed by atoms with E-state index in [4.69, 9.17) is 5.73 Å². The second-order valence-electron chi connectivity index (χ2n) is 6.08. The predicted octanol–water partition coefficient (Wildman–Crippen LogP) is 0.457. The van der Waals surface area contributed by atoms with Gasteiger partial charge < -0.3 is 16.0 Å². The largest absolute Gasteiger partial charge is 0.369 e. The first kappa shape index (κ1) is 16.0. The molecule has 2 amide bonds. The van der Waals surface area contributed by atoms with Crippen LogP contribution in [0.5, 0.6) is 0 Å². The molecule has 0 radical (unpaired) electrons. The number of para-hydroxylation sites is 1. The number of aryl methyl sites for hydroxylation is 1. The number of aromatic nitrogens is 2. The van der Waals surface area contributed by atoms with Crippen LogP contribution >= 0.6 is 0 Å². The number of nitrogens with two attached hydrogens (primary N) is 1. The Morgan fingerprint density at radius 2 is 2.17 bits per heavy atom. The van der Waals surface area contributed by atoms with Crippen molar-refractivity contribution in [2.24, 2.45) is 12.8 Å². The van der Waals surface area contributed by atoms with Crippen molar-refractivity contribution in [2.45, 2.75) is 18.9 Å². The highest BCUT2D eigenvalue weighted by Crippen LogP contribution is 2.24. The van der Waals surface area contributed by atoms with Crippen LogP contribution in [0.15, 0.2) is 36.7 Å². The van der Waals surface area contributed by atoms with Crippen molar-refractivity contribution in [2.75, 3.05) is 18.0 Å². The Morgan fingerprint density at radius 1 is 1.38 bits per heavy atom. The number of anilines is 1. The van der Waals surface area contributed by atoms with Gasteiger partial charge in [0.1, 0.15) is 0 Å². The summed E-state index contributed by atoms with van der Waals surface area (Å²) in [5.41, 5.74) is 7.68. The van der Waals surface area contributed by atoms with Crippen molar-refractivity contribution in [1.82, 2.24) is 15.1 Å². The summed E-state index contributed by atoms with van der Waals surface area (Å²) in [6.07, 6.45) is 4.70. The number of hydrogen-bond donors (Lipinski definition) is 2. The fourth-order valence-corrected chi connectivity index (χ4v) is 3.08. The predicted molar refractivity (Wildman–Crippen MR) is 90.6 cm³/mol. The molecular weight excluding hydrogens is 306 g/mol. The molecule has 0 bridgehead atoms. The van der Waals surface area contributed by atoms with Crippen molar-refractivity contribution >= 4 is 17.5 Å². The summed E-state index contributed by atoms with van der Waals surface area (Å²) < 4.78 is 1.68. The Morgan fingerprint density at radius 3 is 2.88 bits per heavy atom. The van der Waals surface area contributed by atoms with Gasteiger partial charge in [0.25, 0.3) is 5.91 Å². The molecule has 1 aliphatic heterocycles. The molecule has 1 fully saturated rings. The Balaban J connectivity index is 1.59. The summed E-state index contributed by atoms with van der Waals surface area (Å²) in [6, 6.07) is 7.37. The monoisotopic (exact) mass is 327 g/mol. The number of carbonyl (C=O) groups excluding carboxylic acids is 2. The number of benzene rings is 1. The van der Waals surface area contributed by atoms with Crippen molar-refractivity contribution in [1.29, 1.82) is 0 Å². The lowest BCUT2D eigenvalue weighted by Crippen LogP contribution is -2.38. The molecule has 1 atom stereocenters. The Kier molecular flexibility index (Phi) is 4.50. The van der Waals surface area contributed by atoms with Crippen LogP contribution < -0.4 is 16.0 Å². The second-order valence-corrected chi connectivity index (χ2v) is 6.08. The van der Waals surface area contributed by atoms with Gasteiger partial charge in [0.2, 0.25) is 5.91 Å². The molecule has 2 heterocycles. The molecule has 0 spiro atoms. The molecule has 7 heteroatoms. The molecular formula is C17H21N5O2. The van der Waals surface area contributed by atoms with E-state index in [2.05, 4.69) is 15.3 Å². The van der Waals surface area contributed by atoms with Crippen molar-refractivity contribution in [3.8, 4) is 0 Å². The molecule has 24 heavy (non-hydrogen) atoms. The Bertz CT molecular complexity index is 755. The van der Waals surface area contributed by atoms with Crippen LogP contribution in [-0.2, 0) is 18.3 Å². The third-order valence-electron chi connectivity index (χ3n) is 4.19. The van der Waals surface area contributed by atoms with E-state index in [1.54, 1.807) is 23.0 Å². The minimum absolute atomic E-state index is 0.0157. The number of rotatable bonds is 5. The van der Waals surface area contributed by atoms with Gasteiger partial charge in [-0.15, -0.1) is 0 Å². The summed E-state index contributed by atoms with van der Waals surface area (Å²) >= 11 is 0. The third-order valence-corrected chi connectivity index (χ3v) is 4.19. The van der Waals surface area contributed by atoms with E-state index < -0.39 is 5.91 Å². The van der Waals surface area contributed by atoms with Gasteiger partial charge in [-0.3, -0.25) is 14.3 Å². The molecule has 1 saturated heterocycles. The number of amides is 2. The van der Waals surface area contributed by atoms with Crippen LogP contribution in [0.3, 0.4) is 0 Å². The van der Waals surface area contributed by atoms with Crippen molar-refractivity contribution < 1.29 is 9.59 Å². The molecule has 1 aromatic carbocycles. The van der Waals surface area contributed by atoms with Crippen LogP contribution in [0.2, 0.25) is 0 Å². The van der Waals surface area contributed by atoms with Gasteiger partial charge in [0.05, 0.1) is 18.2 Å². The molecule has 3 N–H and O–H groups in total.